The molecular weight excluding hydrogens is 390 g/mol. The molecule has 2 fully saturated rings. The molecule has 4 aliphatic rings. The predicted octanol–water partition coefficient (Wildman–Crippen LogP) is 1.31. The molecule has 2 saturated heterocycles. The molecular formula is C21H19N3O6. The summed E-state index contributed by atoms with van der Waals surface area (Å²) < 4.78 is 21.9. The maximum absolute atomic E-state index is 13.2. The van der Waals surface area contributed by atoms with Crippen molar-refractivity contribution >= 4 is 17.6 Å². The SMILES string of the molecule is Cc1cc(N2C[C@]34C=C[C@@H](O3)[C@H](C(=O)NCc3ccc5c(c3)OCO5)[C@@H]4C2=O)no1. The molecule has 5 heterocycles. The fraction of sp³-hybridized carbons (Fsp3) is 0.381. The standard InChI is InChI=1S/C21H19N3O6/c1-11-6-16(23-30-11)24-9-21-5-4-14(29-21)17(18(21)20(24)26)19(25)22-8-12-2-3-13-15(7-12)28-10-27-13/h2-7,14,17-18H,8-10H2,1H3,(H,22,25)/t14-,17+,18-,21+/m1/s1. The number of hydrogen-bond donors (Lipinski definition) is 1. The maximum Gasteiger partial charge on any atom is 0.235 e. The van der Waals surface area contributed by atoms with Gasteiger partial charge in [0.1, 0.15) is 11.4 Å². The third kappa shape index (κ3) is 2.41. The lowest BCUT2D eigenvalue weighted by Gasteiger charge is -2.23. The van der Waals surface area contributed by atoms with Gasteiger partial charge >= 0.3 is 0 Å². The third-order valence-electron chi connectivity index (χ3n) is 6.20. The van der Waals surface area contributed by atoms with Crippen LogP contribution in [0.5, 0.6) is 11.5 Å². The van der Waals surface area contributed by atoms with Gasteiger partial charge < -0.3 is 24.1 Å². The average molecular weight is 409 g/mol. The van der Waals surface area contributed by atoms with Crippen molar-refractivity contribution in [3.8, 4) is 11.5 Å². The fourth-order valence-corrected chi connectivity index (χ4v) is 4.83. The Bertz CT molecular complexity index is 1090. The molecule has 0 radical (unpaired) electrons. The second-order valence-corrected chi connectivity index (χ2v) is 8.03. The summed E-state index contributed by atoms with van der Waals surface area (Å²) in [6, 6.07) is 7.25. The van der Waals surface area contributed by atoms with Gasteiger partial charge in [-0.1, -0.05) is 23.4 Å². The van der Waals surface area contributed by atoms with Crippen LogP contribution in [0, 0.1) is 18.8 Å². The van der Waals surface area contributed by atoms with E-state index in [1.807, 2.05) is 30.4 Å². The first-order chi connectivity index (χ1) is 14.5. The van der Waals surface area contributed by atoms with Gasteiger partial charge in [-0.15, -0.1) is 0 Å². The van der Waals surface area contributed by atoms with E-state index in [2.05, 4.69) is 10.5 Å². The van der Waals surface area contributed by atoms with E-state index in [4.69, 9.17) is 18.7 Å². The average Bonchev–Trinajstić information content (AvgIpc) is 3.53. The van der Waals surface area contributed by atoms with Crippen molar-refractivity contribution in [3.63, 3.8) is 0 Å². The largest absolute Gasteiger partial charge is 0.454 e. The van der Waals surface area contributed by atoms with Crippen molar-refractivity contribution in [2.75, 3.05) is 18.2 Å². The number of carbonyl (C=O) groups excluding carboxylic acids is 2. The number of hydrogen-bond acceptors (Lipinski definition) is 7. The summed E-state index contributed by atoms with van der Waals surface area (Å²) in [7, 11) is 0. The molecule has 9 heteroatoms. The Labute approximate surface area is 171 Å². The van der Waals surface area contributed by atoms with Crippen molar-refractivity contribution in [1.82, 2.24) is 10.5 Å². The fourth-order valence-electron chi connectivity index (χ4n) is 4.83. The molecule has 4 aliphatic heterocycles. The van der Waals surface area contributed by atoms with Crippen LogP contribution in [0.25, 0.3) is 0 Å². The number of nitrogens with zero attached hydrogens (tertiary/aromatic N) is 2. The summed E-state index contributed by atoms with van der Waals surface area (Å²) in [5.74, 6) is 0.872. The Morgan fingerprint density at radius 1 is 1.30 bits per heavy atom. The van der Waals surface area contributed by atoms with Crippen LogP contribution in [0.1, 0.15) is 11.3 Å². The lowest BCUT2D eigenvalue weighted by molar-refractivity contribution is -0.132. The van der Waals surface area contributed by atoms with Gasteiger partial charge in [0.25, 0.3) is 0 Å². The Kier molecular flexibility index (Phi) is 3.55. The zero-order chi connectivity index (χ0) is 20.5. The highest BCUT2D eigenvalue weighted by molar-refractivity contribution is 6.02. The number of anilines is 1. The van der Waals surface area contributed by atoms with Crippen molar-refractivity contribution in [3.05, 3.63) is 47.7 Å². The van der Waals surface area contributed by atoms with Gasteiger partial charge in [-0.3, -0.25) is 14.5 Å². The Morgan fingerprint density at radius 2 is 2.17 bits per heavy atom. The number of aryl methyl sites for hydroxylation is 1. The molecule has 4 atom stereocenters. The van der Waals surface area contributed by atoms with Crippen LogP contribution in [0.15, 0.2) is 40.9 Å². The van der Waals surface area contributed by atoms with Gasteiger partial charge in [0.05, 0.1) is 24.5 Å². The molecule has 1 N–H and O–H groups in total. The summed E-state index contributed by atoms with van der Waals surface area (Å²) in [6.45, 7) is 2.61. The Hall–Kier alpha value is -3.33. The zero-order valence-corrected chi connectivity index (χ0v) is 16.2. The molecule has 2 aromatic rings. The summed E-state index contributed by atoms with van der Waals surface area (Å²) in [4.78, 5) is 27.9. The lowest BCUT2D eigenvalue weighted by atomic mass is 9.77. The van der Waals surface area contributed by atoms with Crippen LogP contribution in [0.4, 0.5) is 5.82 Å². The van der Waals surface area contributed by atoms with E-state index in [-0.39, 0.29) is 18.6 Å². The highest BCUT2D eigenvalue weighted by Gasteiger charge is 2.67. The van der Waals surface area contributed by atoms with E-state index in [0.717, 1.165) is 5.56 Å². The third-order valence-corrected chi connectivity index (χ3v) is 6.20. The Morgan fingerprint density at radius 3 is 3.00 bits per heavy atom. The van der Waals surface area contributed by atoms with Crippen LogP contribution < -0.4 is 19.7 Å². The number of nitrogens with one attached hydrogen (secondary N) is 1. The number of ether oxygens (including phenoxy) is 3. The first kappa shape index (κ1) is 17.5. The van der Waals surface area contributed by atoms with Crippen LogP contribution in [0.3, 0.4) is 0 Å². The first-order valence-corrected chi connectivity index (χ1v) is 9.82. The number of fused-ring (bicyclic) bond motifs is 2. The van der Waals surface area contributed by atoms with Gasteiger partial charge in [-0.2, -0.15) is 0 Å². The molecule has 2 bridgehead atoms. The smallest absolute Gasteiger partial charge is 0.235 e. The molecule has 9 nitrogen and oxygen atoms in total. The monoisotopic (exact) mass is 409 g/mol. The van der Waals surface area contributed by atoms with E-state index in [1.165, 1.54) is 0 Å². The first-order valence-electron chi connectivity index (χ1n) is 9.82. The van der Waals surface area contributed by atoms with E-state index in [0.29, 0.717) is 36.2 Å². The molecule has 1 aromatic heterocycles. The second kappa shape index (κ2) is 6.09. The van der Waals surface area contributed by atoms with Crippen molar-refractivity contribution < 1.29 is 28.3 Å². The van der Waals surface area contributed by atoms with Crippen LogP contribution in [0.2, 0.25) is 0 Å². The number of aromatic nitrogens is 1. The van der Waals surface area contributed by atoms with Crippen LogP contribution >= 0.6 is 0 Å². The molecule has 0 saturated carbocycles. The highest BCUT2D eigenvalue weighted by Crippen LogP contribution is 2.52. The molecule has 6 rings (SSSR count). The van der Waals surface area contributed by atoms with Crippen molar-refractivity contribution in [2.24, 2.45) is 11.8 Å². The predicted molar refractivity (Wildman–Crippen MR) is 102 cm³/mol. The van der Waals surface area contributed by atoms with E-state index in [1.54, 1.807) is 17.9 Å². The topological polar surface area (TPSA) is 103 Å². The molecule has 30 heavy (non-hydrogen) atoms. The van der Waals surface area contributed by atoms with Gasteiger partial charge in [-0.25, -0.2) is 0 Å². The molecule has 154 valence electrons. The van der Waals surface area contributed by atoms with Crippen molar-refractivity contribution in [2.45, 2.75) is 25.2 Å². The zero-order valence-electron chi connectivity index (χ0n) is 16.2. The van der Waals surface area contributed by atoms with E-state index < -0.39 is 23.5 Å². The van der Waals surface area contributed by atoms with Gasteiger partial charge in [-0.05, 0) is 24.6 Å². The number of rotatable bonds is 4. The molecule has 0 aliphatic carbocycles. The minimum absolute atomic E-state index is 0.168. The number of benzene rings is 1. The van der Waals surface area contributed by atoms with Crippen LogP contribution in [-0.4, -0.2) is 42.0 Å². The van der Waals surface area contributed by atoms with Gasteiger partial charge in [0.15, 0.2) is 17.3 Å². The lowest BCUT2D eigenvalue weighted by Crippen LogP contribution is -2.44. The normalized spacial score (nSPS) is 30.2. The van der Waals surface area contributed by atoms with Crippen molar-refractivity contribution in [1.29, 1.82) is 0 Å². The summed E-state index contributed by atoms with van der Waals surface area (Å²) in [5.41, 5.74) is 0.0920. The summed E-state index contributed by atoms with van der Waals surface area (Å²) in [5, 5.41) is 6.91. The van der Waals surface area contributed by atoms with E-state index >= 15 is 0 Å². The van der Waals surface area contributed by atoms with E-state index in [9.17, 15) is 9.59 Å². The number of amides is 2. The quantitative estimate of drug-likeness (QED) is 0.760. The Balaban J connectivity index is 1.21. The van der Waals surface area contributed by atoms with Crippen LogP contribution in [-0.2, 0) is 20.9 Å². The van der Waals surface area contributed by atoms with Gasteiger partial charge in [0, 0.05) is 12.6 Å². The molecule has 2 amide bonds. The molecule has 1 spiro atoms. The second-order valence-electron chi connectivity index (χ2n) is 8.03. The molecule has 0 unspecified atom stereocenters. The molecule has 1 aromatic carbocycles. The minimum Gasteiger partial charge on any atom is -0.454 e. The highest BCUT2D eigenvalue weighted by atomic mass is 16.7. The number of carbonyl (C=O) groups is 2. The summed E-state index contributed by atoms with van der Waals surface area (Å²) >= 11 is 0. The van der Waals surface area contributed by atoms with Gasteiger partial charge in [0.2, 0.25) is 18.6 Å². The minimum atomic E-state index is -0.796. The maximum atomic E-state index is 13.2. The summed E-state index contributed by atoms with van der Waals surface area (Å²) in [6.07, 6.45) is 3.39.